The van der Waals surface area contributed by atoms with E-state index >= 15 is 0 Å². The number of piperidine rings is 1. The van der Waals surface area contributed by atoms with Gasteiger partial charge in [0.25, 0.3) is 0 Å². The van der Waals surface area contributed by atoms with Gasteiger partial charge >= 0.3 is 0 Å². The SMILES string of the molecule is COc1cc2c(cc1OC)CN(C(=O)CN1CCC(C(=O)c3ccc4c(c3)OCCO4)CC1)CC2. The molecule has 0 saturated carbocycles. The summed E-state index contributed by atoms with van der Waals surface area (Å²) in [7, 11) is 3.26. The summed E-state index contributed by atoms with van der Waals surface area (Å²) in [6.07, 6.45) is 2.30. The summed E-state index contributed by atoms with van der Waals surface area (Å²) in [5.74, 6) is 2.98. The average Bonchev–Trinajstić information content (AvgIpc) is 2.91. The fourth-order valence-electron chi connectivity index (χ4n) is 5.17. The molecule has 8 heteroatoms. The first-order valence-electron chi connectivity index (χ1n) is 12.2. The predicted molar refractivity (Wildman–Crippen MR) is 130 cm³/mol. The summed E-state index contributed by atoms with van der Waals surface area (Å²) in [6, 6.07) is 9.43. The van der Waals surface area contributed by atoms with Gasteiger partial charge in [-0.25, -0.2) is 0 Å². The molecular weight excluding hydrogens is 448 g/mol. The van der Waals surface area contributed by atoms with E-state index < -0.39 is 0 Å². The normalized spacial score (nSPS) is 18.1. The Morgan fingerprint density at radius 3 is 2.31 bits per heavy atom. The minimum atomic E-state index is -0.0341. The molecule has 2 aromatic carbocycles. The fraction of sp³-hybridized carbons (Fsp3) is 0.481. The number of rotatable bonds is 6. The Bertz CT molecular complexity index is 1110. The van der Waals surface area contributed by atoms with Crippen molar-refractivity contribution in [3.05, 3.63) is 47.0 Å². The summed E-state index contributed by atoms with van der Waals surface area (Å²) in [4.78, 5) is 30.2. The lowest BCUT2D eigenvalue weighted by Gasteiger charge is -2.34. The number of ether oxygens (including phenoxy) is 4. The zero-order valence-electron chi connectivity index (χ0n) is 20.4. The van der Waals surface area contributed by atoms with Crippen LogP contribution in [-0.4, -0.2) is 75.1 Å². The lowest BCUT2D eigenvalue weighted by molar-refractivity contribution is -0.133. The number of benzene rings is 2. The third-order valence-corrected chi connectivity index (χ3v) is 7.21. The molecule has 186 valence electrons. The number of methoxy groups -OCH3 is 2. The van der Waals surface area contributed by atoms with E-state index in [0.717, 1.165) is 43.7 Å². The predicted octanol–water partition coefficient (Wildman–Crippen LogP) is 2.95. The van der Waals surface area contributed by atoms with Crippen molar-refractivity contribution in [3.63, 3.8) is 0 Å². The molecule has 0 aliphatic carbocycles. The van der Waals surface area contributed by atoms with Crippen LogP contribution in [0.4, 0.5) is 0 Å². The Balaban J connectivity index is 1.14. The fourth-order valence-corrected chi connectivity index (χ4v) is 5.17. The van der Waals surface area contributed by atoms with Crippen molar-refractivity contribution < 1.29 is 28.5 Å². The van der Waals surface area contributed by atoms with Gasteiger partial charge in [0.15, 0.2) is 28.8 Å². The van der Waals surface area contributed by atoms with Crippen LogP contribution >= 0.6 is 0 Å². The van der Waals surface area contributed by atoms with E-state index in [-0.39, 0.29) is 17.6 Å². The van der Waals surface area contributed by atoms with Gasteiger partial charge in [0.1, 0.15) is 13.2 Å². The number of Topliss-reactive ketones (excluding diaryl/α,β-unsaturated/α-hetero) is 1. The maximum absolute atomic E-state index is 13.1. The first kappa shape index (κ1) is 23.5. The van der Waals surface area contributed by atoms with Gasteiger partial charge in [0.2, 0.25) is 5.91 Å². The summed E-state index contributed by atoms with van der Waals surface area (Å²) in [6.45, 7) is 4.16. The molecule has 3 aliphatic rings. The molecule has 2 aromatic rings. The number of hydrogen-bond donors (Lipinski definition) is 0. The van der Waals surface area contributed by atoms with Crippen molar-refractivity contribution in [1.82, 2.24) is 9.80 Å². The molecule has 0 bridgehead atoms. The second-order valence-corrected chi connectivity index (χ2v) is 9.31. The Labute approximate surface area is 205 Å². The number of fused-ring (bicyclic) bond motifs is 2. The van der Waals surface area contributed by atoms with Crippen LogP contribution in [0, 0.1) is 5.92 Å². The van der Waals surface area contributed by atoms with E-state index in [1.54, 1.807) is 20.3 Å². The van der Waals surface area contributed by atoms with Crippen molar-refractivity contribution >= 4 is 11.7 Å². The van der Waals surface area contributed by atoms with Gasteiger partial charge in [-0.3, -0.25) is 14.5 Å². The van der Waals surface area contributed by atoms with Crippen LogP contribution in [0.25, 0.3) is 0 Å². The number of carbonyl (C=O) groups excluding carboxylic acids is 2. The van der Waals surface area contributed by atoms with E-state index in [9.17, 15) is 9.59 Å². The summed E-state index contributed by atoms with van der Waals surface area (Å²) in [5.41, 5.74) is 2.97. The van der Waals surface area contributed by atoms with Crippen LogP contribution in [-0.2, 0) is 17.8 Å². The third-order valence-electron chi connectivity index (χ3n) is 7.21. The highest BCUT2D eigenvalue weighted by atomic mass is 16.6. The summed E-state index contributed by atoms with van der Waals surface area (Å²) < 4.78 is 22.0. The Morgan fingerprint density at radius 1 is 0.914 bits per heavy atom. The van der Waals surface area contributed by atoms with Crippen LogP contribution in [0.3, 0.4) is 0 Å². The lowest BCUT2D eigenvalue weighted by Crippen LogP contribution is -2.45. The second kappa shape index (κ2) is 10.2. The summed E-state index contributed by atoms with van der Waals surface area (Å²) >= 11 is 0. The maximum atomic E-state index is 13.1. The van der Waals surface area contributed by atoms with Crippen LogP contribution < -0.4 is 18.9 Å². The topological polar surface area (TPSA) is 77.5 Å². The minimum absolute atomic E-state index is 0.0341. The molecule has 0 atom stereocenters. The van der Waals surface area contributed by atoms with Gasteiger partial charge in [-0.1, -0.05) is 0 Å². The molecule has 35 heavy (non-hydrogen) atoms. The van der Waals surface area contributed by atoms with E-state index in [1.165, 1.54) is 5.56 Å². The van der Waals surface area contributed by atoms with Gasteiger partial charge in [-0.05, 0) is 73.8 Å². The van der Waals surface area contributed by atoms with E-state index in [1.807, 2.05) is 29.2 Å². The van der Waals surface area contributed by atoms with Crippen LogP contribution in [0.2, 0.25) is 0 Å². The minimum Gasteiger partial charge on any atom is -0.493 e. The number of hydrogen-bond acceptors (Lipinski definition) is 7. The first-order chi connectivity index (χ1) is 17.1. The van der Waals surface area contributed by atoms with E-state index in [2.05, 4.69) is 4.90 Å². The monoisotopic (exact) mass is 480 g/mol. The molecule has 1 amide bonds. The maximum Gasteiger partial charge on any atom is 0.237 e. The molecule has 8 nitrogen and oxygen atoms in total. The van der Waals surface area contributed by atoms with Gasteiger partial charge in [-0.2, -0.15) is 0 Å². The van der Waals surface area contributed by atoms with Crippen LogP contribution in [0.5, 0.6) is 23.0 Å². The van der Waals surface area contributed by atoms with E-state index in [0.29, 0.717) is 55.7 Å². The number of carbonyl (C=O) groups is 2. The Hall–Kier alpha value is -3.26. The molecule has 0 radical (unpaired) electrons. The quantitative estimate of drug-likeness (QED) is 0.589. The standard InChI is InChI=1S/C27H32N2O6/c1-32-23-13-19-7-10-29(16-21(19)15-24(23)33-2)26(30)17-28-8-5-18(6-9-28)27(31)20-3-4-22-25(14-20)35-12-11-34-22/h3-4,13-15,18H,5-12,16-17H2,1-2H3. The van der Waals surface area contributed by atoms with Crippen LogP contribution in [0.15, 0.2) is 30.3 Å². The van der Waals surface area contributed by atoms with Gasteiger partial charge in [0.05, 0.1) is 20.8 Å². The van der Waals surface area contributed by atoms with Crippen molar-refractivity contribution in [2.75, 3.05) is 53.6 Å². The molecule has 1 saturated heterocycles. The van der Waals surface area contributed by atoms with Gasteiger partial charge in [0, 0.05) is 24.6 Å². The molecule has 0 aromatic heterocycles. The molecule has 3 heterocycles. The third kappa shape index (κ3) is 4.93. The lowest BCUT2D eigenvalue weighted by atomic mass is 9.88. The van der Waals surface area contributed by atoms with Crippen molar-refractivity contribution in [1.29, 1.82) is 0 Å². The van der Waals surface area contributed by atoms with Crippen molar-refractivity contribution in [2.24, 2.45) is 5.92 Å². The average molecular weight is 481 g/mol. The highest BCUT2D eigenvalue weighted by molar-refractivity contribution is 5.98. The summed E-state index contributed by atoms with van der Waals surface area (Å²) in [5, 5.41) is 0. The molecular formula is C27H32N2O6. The molecule has 0 N–H and O–H groups in total. The Kier molecular flexibility index (Phi) is 6.81. The smallest absolute Gasteiger partial charge is 0.237 e. The number of amides is 1. The zero-order chi connectivity index (χ0) is 24.4. The molecule has 1 fully saturated rings. The first-order valence-corrected chi connectivity index (χ1v) is 12.2. The molecule has 0 spiro atoms. The second-order valence-electron chi connectivity index (χ2n) is 9.31. The Morgan fingerprint density at radius 2 is 1.60 bits per heavy atom. The van der Waals surface area contributed by atoms with Gasteiger partial charge < -0.3 is 23.8 Å². The highest BCUT2D eigenvalue weighted by Gasteiger charge is 2.29. The largest absolute Gasteiger partial charge is 0.493 e. The molecule has 5 rings (SSSR count). The number of ketones is 1. The molecule has 3 aliphatic heterocycles. The highest BCUT2D eigenvalue weighted by Crippen LogP contribution is 2.34. The molecule has 0 unspecified atom stereocenters. The zero-order valence-corrected chi connectivity index (χ0v) is 20.4. The van der Waals surface area contributed by atoms with Crippen LogP contribution in [0.1, 0.15) is 34.3 Å². The number of likely N-dealkylation sites (tertiary alicyclic amines) is 1. The van der Waals surface area contributed by atoms with Gasteiger partial charge in [-0.15, -0.1) is 0 Å². The van der Waals surface area contributed by atoms with Crippen molar-refractivity contribution in [2.45, 2.75) is 25.8 Å². The van der Waals surface area contributed by atoms with E-state index in [4.69, 9.17) is 18.9 Å². The van der Waals surface area contributed by atoms with Crippen molar-refractivity contribution in [3.8, 4) is 23.0 Å². The number of nitrogens with zero attached hydrogens (tertiary/aromatic N) is 2.